The zero-order chi connectivity index (χ0) is 22.5. The van der Waals surface area contributed by atoms with E-state index in [9.17, 15) is 27.6 Å². The standard InChI is InChI=1S/C20H25F3N4O3/c1-3-5-10-26(18(29)13-8-7-9-14(12-13)20(21,22)23)15-16(24)27(11-6-4-2)19(30)25-17(15)28/h7-9,12H,3-6,10-11,24H2,1-2H3,(H,25,28,30). The number of nitrogen functional groups attached to an aromatic ring is 1. The summed E-state index contributed by atoms with van der Waals surface area (Å²) in [6.45, 7) is 4.08. The molecule has 7 nitrogen and oxygen atoms in total. The largest absolute Gasteiger partial charge is 0.416 e. The van der Waals surface area contributed by atoms with Crippen LogP contribution in [0.2, 0.25) is 0 Å². The summed E-state index contributed by atoms with van der Waals surface area (Å²) in [5, 5.41) is 0. The van der Waals surface area contributed by atoms with Gasteiger partial charge in [-0.15, -0.1) is 0 Å². The first-order valence-corrected chi connectivity index (χ1v) is 9.73. The van der Waals surface area contributed by atoms with E-state index in [2.05, 4.69) is 4.98 Å². The third-order valence-corrected chi connectivity index (χ3v) is 4.64. The lowest BCUT2D eigenvalue weighted by molar-refractivity contribution is -0.137. The van der Waals surface area contributed by atoms with Crippen molar-refractivity contribution in [3.63, 3.8) is 0 Å². The number of carbonyl (C=O) groups is 1. The highest BCUT2D eigenvalue weighted by Gasteiger charge is 2.32. The second kappa shape index (κ2) is 9.64. The van der Waals surface area contributed by atoms with Crippen molar-refractivity contribution in [2.75, 3.05) is 17.2 Å². The second-order valence-electron chi connectivity index (χ2n) is 6.89. The Bertz CT molecular complexity index is 1010. The maximum atomic E-state index is 13.1. The highest BCUT2D eigenvalue weighted by Crippen LogP contribution is 2.30. The minimum Gasteiger partial charge on any atom is -0.383 e. The maximum Gasteiger partial charge on any atom is 0.416 e. The fourth-order valence-electron chi connectivity index (χ4n) is 2.99. The number of nitrogens with zero attached hydrogens (tertiary/aromatic N) is 2. The number of aromatic nitrogens is 2. The molecule has 0 aliphatic rings. The third kappa shape index (κ3) is 5.11. The molecule has 2 aromatic rings. The fraction of sp³-hybridized carbons (Fsp3) is 0.450. The van der Waals surface area contributed by atoms with E-state index < -0.39 is 28.9 Å². The highest BCUT2D eigenvalue weighted by molar-refractivity contribution is 6.07. The predicted octanol–water partition coefficient (Wildman–Crippen LogP) is 3.38. The third-order valence-electron chi connectivity index (χ3n) is 4.64. The average molecular weight is 426 g/mol. The molecule has 0 unspecified atom stereocenters. The molecule has 0 aliphatic heterocycles. The van der Waals surface area contributed by atoms with Crippen LogP contribution in [-0.2, 0) is 12.7 Å². The number of carbonyl (C=O) groups excluding carboxylic acids is 1. The van der Waals surface area contributed by atoms with Gasteiger partial charge < -0.3 is 10.6 Å². The number of hydrogen-bond donors (Lipinski definition) is 2. The molecule has 164 valence electrons. The van der Waals surface area contributed by atoms with E-state index in [-0.39, 0.29) is 30.2 Å². The van der Waals surface area contributed by atoms with Crippen molar-refractivity contribution in [3.05, 3.63) is 56.2 Å². The molecule has 0 spiro atoms. The van der Waals surface area contributed by atoms with Crippen LogP contribution >= 0.6 is 0 Å². The van der Waals surface area contributed by atoms with Crippen LogP contribution in [0, 0.1) is 0 Å². The van der Waals surface area contributed by atoms with E-state index >= 15 is 0 Å². The predicted molar refractivity (Wildman–Crippen MR) is 109 cm³/mol. The SMILES string of the molecule is CCCCN(C(=O)c1cccc(C(F)(F)F)c1)c1c(N)n(CCCC)c(=O)[nH]c1=O. The minimum atomic E-state index is -4.62. The van der Waals surface area contributed by atoms with Crippen LogP contribution < -0.4 is 21.9 Å². The van der Waals surface area contributed by atoms with E-state index in [1.54, 1.807) is 0 Å². The lowest BCUT2D eigenvalue weighted by Crippen LogP contribution is -2.41. The van der Waals surface area contributed by atoms with Gasteiger partial charge in [0.25, 0.3) is 11.5 Å². The quantitative estimate of drug-likeness (QED) is 0.676. The molecule has 0 bridgehead atoms. The number of nitrogens with one attached hydrogen (secondary N) is 1. The van der Waals surface area contributed by atoms with Gasteiger partial charge in [-0.25, -0.2) is 4.79 Å². The lowest BCUT2D eigenvalue weighted by atomic mass is 10.1. The molecule has 1 aromatic heterocycles. The van der Waals surface area contributed by atoms with Crippen LogP contribution in [0.4, 0.5) is 24.7 Å². The van der Waals surface area contributed by atoms with Crippen LogP contribution in [-0.4, -0.2) is 22.0 Å². The minimum absolute atomic E-state index is 0.0604. The Labute approximate surface area is 171 Å². The van der Waals surface area contributed by atoms with Gasteiger partial charge in [-0.05, 0) is 31.0 Å². The van der Waals surface area contributed by atoms with Crippen LogP contribution in [0.1, 0.15) is 55.5 Å². The zero-order valence-electron chi connectivity index (χ0n) is 16.9. The molecular weight excluding hydrogens is 401 g/mol. The van der Waals surface area contributed by atoms with E-state index in [0.29, 0.717) is 19.3 Å². The van der Waals surface area contributed by atoms with Gasteiger partial charge in [-0.2, -0.15) is 13.2 Å². The molecule has 0 aliphatic carbocycles. The topological polar surface area (TPSA) is 101 Å². The van der Waals surface area contributed by atoms with Crippen molar-refractivity contribution in [2.24, 2.45) is 0 Å². The van der Waals surface area contributed by atoms with Crippen molar-refractivity contribution in [3.8, 4) is 0 Å². The van der Waals surface area contributed by atoms with Crippen molar-refractivity contribution < 1.29 is 18.0 Å². The van der Waals surface area contributed by atoms with Gasteiger partial charge in [-0.1, -0.05) is 32.8 Å². The summed E-state index contributed by atoms with van der Waals surface area (Å²) >= 11 is 0. The van der Waals surface area contributed by atoms with Crippen molar-refractivity contribution >= 4 is 17.4 Å². The molecule has 3 N–H and O–H groups in total. The zero-order valence-corrected chi connectivity index (χ0v) is 16.9. The number of nitrogens with two attached hydrogens (primary N) is 1. The number of benzene rings is 1. The Balaban J connectivity index is 2.60. The highest BCUT2D eigenvalue weighted by atomic mass is 19.4. The molecule has 0 radical (unpaired) electrons. The van der Waals surface area contributed by atoms with Gasteiger partial charge in [0.05, 0.1) is 5.56 Å². The Hall–Kier alpha value is -3.04. The van der Waals surface area contributed by atoms with E-state index in [1.165, 1.54) is 10.6 Å². The van der Waals surface area contributed by atoms with Gasteiger partial charge in [0.15, 0.2) is 5.69 Å². The molecule has 1 amide bonds. The summed E-state index contributed by atoms with van der Waals surface area (Å²) in [7, 11) is 0. The number of hydrogen-bond acceptors (Lipinski definition) is 4. The number of unbranched alkanes of at least 4 members (excludes halogenated alkanes) is 2. The van der Waals surface area contributed by atoms with Crippen molar-refractivity contribution in [1.82, 2.24) is 9.55 Å². The summed E-state index contributed by atoms with van der Waals surface area (Å²) in [6, 6.07) is 3.97. The van der Waals surface area contributed by atoms with Gasteiger partial charge in [-0.3, -0.25) is 19.1 Å². The van der Waals surface area contributed by atoms with Gasteiger partial charge >= 0.3 is 11.9 Å². The first-order valence-electron chi connectivity index (χ1n) is 9.73. The second-order valence-corrected chi connectivity index (χ2v) is 6.89. The van der Waals surface area contributed by atoms with Crippen LogP contribution in [0.25, 0.3) is 0 Å². The summed E-state index contributed by atoms with van der Waals surface area (Å²) in [6.07, 6.45) is -2.08. The molecule has 1 aromatic carbocycles. The Kier molecular flexibility index (Phi) is 7.47. The molecular formula is C20H25F3N4O3. The Morgan fingerprint density at radius 2 is 1.83 bits per heavy atom. The Morgan fingerprint density at radius 3 is 2.43 bits per heavy atom. The number of alkyl halides is 3. The number of H-pyrrole nitrogens is 1. The molecule has 0 fully saturated rings. The number of rotatable bonds is 8. The fourth-order valence-corrected chi connectivity index (χ4v) is 2.99. The number of halogens is 3. The molecule has 2 rings (SSSR count). The summed E-state index contributed by atoms with van der Waals surface area (Å²) in [5.41, 5.74) is 3.09. The summed E-state index contributed by atoms with van der Waals surface area (Å²) in [5.74, 6) is -0.985. The Morgan fingerprint density at radius 1 is 1.17 bits per heavy atom. The van der Waals surface area contributed by atoms with Crippen LogP contribution in [0.15, 0.2) is 33.9 Å². The molecule has 10 heteroatoms. The molecule has 0 saturated heterocycles. The normalized spacial score (nSPS) is 11.5. The summed E-state index contributed by atoms with van der Waals surface area (Å²) in [4.78, 5) is 41.0. The van der Waals surface area contributed by atoms with Crippen LogP contribution in [0.5, 0.6) is 0 Å². The maximum absolute atomic E-state index is 13.1. The van der Waals surface area contributed by atoms with Gasteiger partial charge in [0, 0.05) is 18.7 Å². The monoisotopic (exact) mass is 426 g/mol. The van der Waals surface area contributed by atoms with Gasteiger partial charge in [0.1, 0.15) is 5.82 Å². The molecule has 1 heterocycles. The van der Waals surface area contributed by atoms with E-state index in [4.69, 9.17) is 5.73 Å². The van der Waals surface area contributed by atoms with Crippen molar-refractivity contribution in [2.45, 2.75) is 52.3 Å². The first kappa shape index (κ1) is 23.2. The number of aromatic amines is 1. The van der Waals surface area contributed by atoms with Gasteiger partial charge in [0.2, 0.25) is 0 Å². The van der Waals surface area contributed by atoms with E-state index in [1.807, 2.05) is 13.8 Å². The average Bonchev–Trinajstić information content (AvgIpc) is 2.69. The van der Waals surface area contributed by atoms with Crippen LogP contribution in [0.3, 0.4) is 0 Å². The molecule has 30 heavy (non-hydrogen) atoms. The smallest absolute Gasteiger partial charge is 0.383 e. The lowest BCUT2D eigenvalue weighted by Gasteiger charge is -2.25. The molecule has 0 atom stereocenters. The van der Waals surface area contributed by atoms with E-state index in [0.717, 1.165) is 29.5 Å². The van der Waals surface area contributed by atoms with Crippen molar-refractivity contribution in [1.29, 1.82) is 0 Å². The summed E-state index contributed by atoms with van der Waals surface area (Å²) < 4.78 is 40.4. The first-order chi connectivity index (χ1) is 14.1. The number of amides is 1. The molecule has 0 saturated carbocycles. The number of anilines is 2.